The second kappa shape index (κ2) is 5.12. The lowest BCUT2D eigenvalue weighted by Crippen LogP contribution is -2.39. The molecule has 1 rings (SSSR count). The molecule has 2 atom stereocenters. The van der Waals surface area contributed by atoms with Gasteiger partial charge in [0.05, 0.1) is 0 Å². The van der Waals surface area contributed by atoms with Gasteiger partial charge in [-0.1, -0.05) is 6.07 Å². The summed E-state index contributed by atoms with van der Waals surface area (Å²) in [6.07, 6.45) is -0.114. The molecule has 0 spiro atoms. The van der Waals surface area contributed by atoms with E-state index in [1.807, 2.05) is 24.4 Å². The third-order valence-corrected chi connectivity index (χ3v) is 2.75. The van der Waals surface area contributed by atoms with Gasteiger partial charge in [0.15, 0.2) is 0 Å². The Morgan fingerprint density at radius 3 is 2.86 bits per heavy atom. The molecular formula is C10H15NO2S. The van der Waals surface area contributed by atoms with E-state index < -0.39 is 6.10 Å². The molecule has 0 fully saturated rings. The van der Waals surface area contributed by atoms with E-state index in [4.69, 9.17) is 5.11 Å². The summed E-state index contributed by atoms with van der Waals surface area (Å²) in [5.74, 6) is -0.311. The Balaban J connectivity index is 2.36. The third kappa shape index (κ3) is 3.47. The van der Waals surface area contributed by atoms with E-state index in [0.29, 0.717) is 0 Å². The van der Waals surface area contributed by atoms with Crippen LogP contribution in [0.1, 0.15) is 18.7 Å². The zero-order valence-corrected chi connectivity index (χ0v) is 9.17. The molecule has 14 heavy (non-hydrogen) atoms. The smallest absolute Gasteiger partial charge is 0.248 e. The quantitative estimate of drug-likeness (QED) is 0.789. The summed E-state index contributed by atoms with van der Waals surface area (Å²) >= 11 is 1.67. The molecule has 0 aromatic carbocycles. The average Bonchev–Trinajstić information content (AvgIpc) is 2.56. The van der Waals surface area contributed by atoms with Crippen LogP contribution in [0.25, 0.3) is 0 Å². The first-order chi connectivity index (χ1) is 6.59. The predicted molar refractivity (Wildman–Crippen MR) is 57.3 cm³/mol. The van der Waals surface area contributed by atoms with Crippen molar-refractivity contribution in [1.82, 2.24) is 5.32 Å². The van der Waals surface area contributed by atoms with Gasteiger partial charge in [-0.15, -0.1) is 11.3 Å². The Kier molecular flexibility index (Phi) is 4.10. The van der Waals surface area contributed by atoms with Gasteiger partial charge in [-0.3, -0.25) is 4.79 Å². The van der Waals surface area contributed by atoms with Crippen molar-refractivity contribution in [1.29, 1.82) is 0 Å². The van der Waals surface area contributed by atoms with Crippen LogP contribution in [0.4, 0.5) is 0 Å². The lowest BCUT2D eigenvalue weighted by Gasteiger charge is -2.13. The Hall–Kier alpha value is -0.870. The molecule has 0 saturated heterocycles. The molecular weight excluding hydrogens is 198 g/mol. The molecule has 0 bridgehead atoms. The summed E-state index contributed by atoms with van der Waals surface area (Å²) in [5.41, 5.74) is 0. The Bertz CT molecular complexity index is 282. The number of thiophene rings is 1. The van der Waals surface area contributed by atoms with E-state index >= 15 is 0 Å². The molecule has 3 nitrogen and oxygen atoms in total. The van der Waals surface area contributed by atoms with Gasteiger partial charge < -0.3 is 10.4 Å². The van der Waals surface area contributed by atoms with Crippen LogP contribution in [0.15, 0.2) is 17.5 Å². The highest BCUT2D eigenvalue weighted by atomic mass is 32.1. The van der Waals surface area contributed by atoms with Crippen LogP contribution in [-0.2, 0) is 11.2 Å². The van der Waals surface area contributed by atoms with E-state index in [1.165, 1.54) is 11.8 Å². The van der Waals surface area contributed by atoms with Crippen LogP contribution >= 0.6 is 11.3 Å². The van der Waals surface area contributed by atoms with Gasteiger partial charge in [0, 0.05) is 17.3 Å². The third-order valence-electron chi connectivity index (χ3n) is 1.86. The molecule has 1 aromatic heterocycles. The van der Waals surface area contributed by atoms with Crippen molar-refractivity contribution in [3.63, 3.8) is 0 Å². The van der Waals surface area contributed by atoms with E-state index in [1.54, 1.807) is 11.3 Å². The molecule has 0 radical (unpaired) electrons. The number of nitrogens with one attached hydrogen (secondary N) is 1. The fraction of sp³-hybridized carbons (Fsp3) is 0.500. The van der Waals surface area contributed by atoms with Gasteiger partial charge >= 0.3 is 0 Å². The van der Waals surface area contributed by atoms with Gasteiger partial charge in [-0.25, -0.2) is 0 Å². The Labute approximate surface area is 87.8 Å². The zero-order valence-electron chi connectivity index (χ0n) is 8.36. The van der Waals surface area contributed by atoms with Crippen LogP contribution in [0.3, 0.4) is 0 Å². The normalized spacial score (nSPS) is 14.8. The summed E-state index contributed by atoms with van der Waals surface area (Å²) in [7, 11) is 0. The minimum Gasteiger partial charge on any atom is -0.384 e. The topological polar surface area (TPSA) is 49.3 Å². The first-order valence-electron chi connectivity index (χ1n) is 4.60. The fourth-order valence-corrected chi connectivity index (χ4v) is 1.98. The molecule has 0 aliphatic rings. The van der Waals surface area contributed by atoms with Crippen molar-refractivity contribution in [3.05, 3.63) is 22.4 Å². The van der Waals surface area contributed by atoms with Crippen molar-refractivity contribution in [2.45, 2.75) is 32.4 Å². The zero-order chi connectivity index (χ0) is 10.6. The molecule has 78 valence electrons. The van der Waals surface area contributed by atoms with Gasteiger partial charge in [0.25, 0.3) is 0 Å². The fourth-order valence-electron chi connectivity index (χ4n) is 1.14. The minimum atomic E-state index is -0.930. The number of aliphatic hydroxyl groups excluding tert-OH is 1. The van der Waals surface area contributed by atoms with Crippen molar-refractivity contribution >= 4 is 17.2 Å². The number of aliphatic hydroxyl groups is 1. The summed E-state index contributed by atoms with van der Waals surface area (Å²) < 4.78 is 0. The predicted octanol–water partition coefficient (Wildman–Crippen LogP) is 1.18. The number of hydrogen-bond acceptors (Lipinski definition) is 3. The van der Waals surface area contributed by atoms with Crippen molar-refractivity contribution < 1.29 is 9.90 Å². The summed E-state index contributed by atoms with van der Waals surface area (Å²) in [4.78, 5) is 12.4. The average molecular weight is 213 g/mol. The molecule has 1 aromatic rings. The second-order valence-corrected chi connectivity index (χ2v) is 4.40. The Morgan fingerprint density at radius 2 is 2.36 bits per heavy atom. The van der Waals surface area contributed by atoms with E-state index in [-0.39, 0.29) is 11.9 Å². The van der Waals surface area contributed by atoms with Crippen molar-refractivity contribution in [2.75, 3.05) is 0 Å². The van der Waals surface area contributed by atoms with Gasteiger partial charge in [0.1, 0.15) is 6.10 Å². The van der Waals surface area contributed by atoms with Gasteiger partial charge in [0.2, 0.25) is 5.91 Å². The molecule has 4 heteroatoms. The minimum absolute atomic E-state index is 0.0655. The van der Waals surface area contributed by atoms with E-state index in [0.717, 1.165) is 6.42 Å². The molecule has 2 unspecified atom stereocenters. The number of amides is 1. The number of rotatable bonds is 4. The highest BCUT2D eigenvalue weighted by Gasteiger charge is 2.12. The van der Waals surface area contributed by atoms with Crippen LogP contribution in [0, 0.1) is 0 Å². The van der Waals surface area contributed by atoms with Crippen LogP contribution < -0.4 is 5.32 Å². The van der Waals surface area contributed by atoms with Crippen molar-refractivity contribution in [3.8, 4) is 0 Å². The lowest BCUT2D eigenvalue weighted by molar-refractivity contribution is -0.129. The van der Waals surface area contributed by atoms with Gasteiger partial charge in [-0.05, 0) is 25.3 Å². The number of carbonyl (C=O) groups excluding carboxylic acids is 1. The maximum atomic E-state index is 11.1. The van der Waals surface area contributed by atoms with Crippen molar-refractivity contribution in [2.24, 2.45) is 0 Å². The SMILES string of the molecule is CC(Cc1cccs1)NC(=O)C(C)O. The standard InChI is InChI=1S/C10H15NO2S/c1-7(11-10(13)8(2)12)6-9-4-3-5-14-9/h3-5,7-8,12H,6H2,1-2H3,(H,11,13). The first-order valence-corrected chi connectivity index (χ1v) is 5.48. The maximum absolute atomic E-state index is 11.1. The molecule has 0 aliphatic heterocycles. The number of hydrogen-bond donors (Lipinski definition) is 2. The summed E-state index contributed by atoms with van der Waals surface area (Å²) in [6.45, 7) is 3.40. The highest BCUT2D eigenvalue weighted by molar-refractivity contribution is 7.09. The first kappa shape index (κ1) is 11.2. The number of carbonyl (C=O) groups is 1. The van der Waals surface area contributed by atoms with E-state index in [9.17, 15) is 4.79 Å². The molecule has 0 aliphatic carbocycles. The van der Waals surface area contributed by atoms with Crippen LogP contribution in [-0.4, -0.2) is 23.2 Å². The Morgan fingerprint density at radius 1 is 1.64 bits per heavy atom. The summed E-state index contributed by atoms with van der Waals surface area (Å²) in [5, 5.41) is 13.7. The largest absolute Gasteiger partial charge is 0.384 e. The summed E-state index contributed by atoms with van der Waals surface area (Å²) in [6, 6.07) is 4.09. The highest BCUT2D eigenvalue weighted by Crippen LogP contribution is 2.10. The van der Waals surface area contributed by atoms with Crippen LogP contribution in [0.2, 0.25) is 0 Å². The molecule has 2 N–H and O–H groups in total. The lowest BCUT2D eigenvalue weighted by atomic mass is 10.2. The molecule has 0 saturated carbocycles. The van der Waals surface area contributed by atoms with E-state index in [2.05, 4.69) is 5.32 Å². The molecule has 1 amide bonds. The van der Waals surface area contributed by atoms with Crippen LogP contribution in [0.5, 0.6) is 0 Å². The maximum Gasteiger partial charge on any atom is 0.248 e. The van der Waals surface area contributed by atoms with Gasteiger partial charge in [-0.2, -0.15) is 0 Å². The monoisotopic (exact) mass is 213 g/mol. The second-order valence-electron chi connectivity index (χ2n) is 3.37. The molecule has 1 heterocycles.